The van der Waals surface area contributed by atoms with Crippen molar-refractivity contribution in [2.24, 2.45) is 0 Å². The number of para-hydroxylation sites is 1. The number of hydrogen-bond acceptors (Lipinski definition) is 5. The summed E-state index contributed by atoms with van der Waals surface area (Å²) in [6, 6.07) is 11.8. The number of nitrogens with one attached hydrogen (secondary N) is 2. The average Bonchev–Trinajstić information content (AvgIpc) is 2.93. The summed E-state index contributed by atoms with van der Waals surface area (Å²) >= 11 is 0. The maximum Gasteiger partial charge on any atom is 0.325 e. The van der Waals surface area contributed by atoms with E-state index in [0.717, 1.165) is 10.5 Å². The third-order valence-electron chi connectivity index (χ3n) is 5.12. The van der Waals surface area contributed by atoms with E-state index >= 15 is 0 Å². The summed E-state index contributed by atoms with van der Waals surface area (Å²) in [5, 5.41) is 5.43. The molecule has 8 heteroatoms. The highest BCUT2D eigenvalue weighted by molar-refractivity contribution is 6.10. The second-order valence-electron chi connectivity index (χ2n) is 7.17. The van der Waals surface area contributed by atoms with Crippen molar-refractivity contribution < 1.29 is 23.9 Å². The molecule has 0 spiro atoms. The van der Waals surface area contributed by atoms with E-state index in [4.69, 9.17) is 9.47 Å². The molecule has 2 aliphatic heterocycles. The molecule has 2 heterocycles. The summed E-state index contributed by atoms with van der Waals surface area (Å²) in [6.07, 6.45) is 0. The van der Waals surface area contributed by atoms with Gasteiger partial charge >= 0.3 is 6.03 Å². The molecule has 0 radical (unpaired) electrons. The molecular formula is C21H21N3O5. The second-order valence-corrected chi connectivity index (χ2v) is 7.17. The molecule has 4 rings (SSSR count). The molecule has 2 aliphatic rings. The van der Waals surface area contributed by atoms with Gasteiger partial charge in [-0.15, -0.1) is 0 Å². The Morgan fingerprint density at radius 2 is 1.86 bits per heavy atom. The number of aryl methyl sites for hydroxylation is 1. The van der Waals surface area contributed by atoms with Crippen LogP contribution in [0.5, 0.6) is 11.5 Å². The number of anilines is 1. The molecule has 0 unspecified atom stereocenters. The lowest BCUT2D eigenvalue weighted by atomic mass is 9.91. The first-order valence-electron chi connectivity index (χ1n) is 9.28. The van der Waals surface area contributed by atoms with Gasteiger partial charge in [0.1, 0.15) is 25.3 Å². The van der Waals surface area contributed by atoms with Crippen molar-refractivity contribution in [3.05, 3.63) is 53.6 Å². The van der Waals surface area contributed by atoms with Crippen molar-refractivity contribution in [1.82, 2.24) is 10.2 Å². The van der Waals surface area contributed by atoms with E-state index in [1.165, 1.54) is 0 Å². The molecular weight excluding hydrogens is 374 g/mol. The number of ether oxygens (including phenoxy) is 2. The standard InChI is InChI=1S/C21H21N3O5/c1-13-5-3-4-6-15(13)22-18(25)12-24-19(26)21(2,23-20(24)27)14-7-8-16-17(11-14)29-10-9-28-16/h3-8,11H,9-10,12H2,1-2H3,(H,22,25)(H,23,27)/t21-/m0/s1. The van der Waals surface area contributed by atoms with Gasteiger partial charge in [0.15, 0.2) is 11.5 Å². The monoisotopic (exact) mass is 395 g/mol. The molecule has 8 nitrogen and oxygen atoms in total. The summed E-state index contributed by atoms with van der Waals surface area (Å²) in [6.45, 7) is 3.97. The van der Waals surface area contributed by atoms with Gasteiger partial charge in [-0.25, -0.2) is 4.79 Å². The van der Waals surface area contributed by atoms with Crippen molar-refractivity contribution in [2.45, 2.75) is 19.4 Å². The topological polar surface area (TPSA) is 97.0 Å². The normalized spacial score (nSPS) is 20.4. The Bertz CT molecular complexity index is 1010. The Kier molecular flexibility index (Phi) is 4.62. The number of amides is 4. The van der Waals surface area contributed by atoms with Crippen LogP contribution in [0.15, 0.2) is 42.5 Å². The van der Waals surface area contributed by atoms with Gasteiger partial charge < -0.3 is 20.1 Å². The van der Waals surface area contributed by atoms with Crippen LogP contribution in [0.1, 0.15) is 18.1 Å². The van der Waals surface area contributed by atoms with Crippen LogP contribution in [0.3, 0.4) is 0 Å². The molecule has 0 aromatic heterocycles. The highest BCUT2D eigenvalue weighted by Gasteiger charge is 2.49. The van der Waals surface area contributed by atoms with Crippen molar-refractivity contribution in [3.8, 4) is 11.5 Å². The Balaban J connectivity index is 1.52. The SMILES string of the molecule is Cc1ccccc1NC(=O)CN1C(=O)N[C@@](C)(c2ccc3c(c2)OCCO3)C1=O. The summed E-state index contributed by atoms with van der Waals surface area (Å²) in [4.78, 5) is 38.9. The van der Waals surface area contributed by atoms with E-state index in [2.05, 4.69) is 10.6 Å². The third-order valence-corrected chi connectivity index (χ3v) is 5.12. The largest absolute Gasteiger partial charge is 0.486 e. The lowest BCUT2D eigenvalue weighted by Gasteiger charge is -2.25. The summed E-state index contributed by atoms with van der Waals surface area (Å²) < 4.78 is 11.1. The number of nitrogens with zero attached hydrogens (tertiary/aromatic N) is 1. The fourth-order valence-electron chi connectivity index (χ4n) is 3.44. The summed E-state index contributed by atoms with van der Waals surface area (Å²) in [5.41, 5.74) is 0.788. The van der Waals surface area contributed by atoms with E-state index in [1.807, 2.05) is 19.1 Å². The quantitative estimate of drug-likeness (QED) is 0.774. The number of carbonyl (C=O) groups is 3. The van der Waals surface area contributed by atoms with Crippen LogP contribution in [-0.2, 0) is 15.1 Å². The predicted octanol–water partition coefficient (Wildman–Crippen LogP) is 2.17. The predicted molar refractivity (Wildman–Crippen MR) is 105 cm³/mol. The van der Waals surface area contributed by atoms with E-state index in [1.54, 1.807) is 37.3 Å². The smallest absolute Gasteiger partial charge is 0.325 e. The molecule has 1 fully saturated rings. The molecule has 150 valence electrons. The Morgan fingerprint density at radius 3 is 2.62 bits per heavy atom. The van der Waals surface area contributed by atoms with Gasteiger partial charge in [0.2, 0.25) is 5.91 Å². The number of benzene rings is 2. The number of rotatable bonds is 4. The fourth-order valence-corrected chi connectivity index (χ4v) is 3.44. The average molecular weight is 395 g/mol. The fraction of sp³-hybridized carbons (Fsp3) is 0.286. The van der Waals surface area contributed by atoms with Gasteiger partial charge in [-0.2, -0.15) is 0 Å². The molecule has 1 saturated heterocycles. The van der Waals surface area contributed by atoms with Crippen molar-refractivity contribution in [3.63, 3.8) is 0 Å². The van der Waals surface area contributed by atoms with Crippen LogP contribution < -0.4 is 20.1 Å². The van der Waals surface area contributed by atoms with Crippen molar-refractivity contribution in [1.29, 1.82) is 0 Å². The zero-order valence-electron chi connectivity index (χ0n) is 16.2. The van der Waals surface area contributed by atoms with Gasteiger partial charge in [-0.05, 0) is 43.2 Å². The number of imide groups is 1. The minimum Gasteiger partial charge on any atom is -0.486 e. The van der Waals surface area contributed by atoms with Gasteiger partial charge in [-0.1, -0.05) is 24.3 Å². The van der Waals surface area contributed by atoms with Crippen LogP contribution >= 0.6 is 0 Å². The molecule has 4 amide bonds. The van der Waals surface area contributed by atoms with Gasteiger partial charge in [0.05, 0.1) is 0 Å². The number of carbonyl (C=O) groups excluding carboxylic acids is 3. The molecule has 2 aromatic carbocycles. The maximum atomic E-state index is 13.1. The second kappa shape index (κ2) is 7.12. The van der Waals surface area contributed by atoms with Gasteiger partial charge in [0, 0.05) is 5.69 Å². The van der Waals surface area contributed by atoms with Gasteiger partial charge in [0.25, 0.3) is 5.91 Å². The molecule has 2 aromatic rings. The van der Waals surface area contributed by atoms with Crippen LogP contribution in [0.25, 0.3) is 0 Å². The minimum absolute atomic E-state index is 0.376. The van der Waals surface area contributed by atoms with E-state index in [9.17, 15) is 14.4 Å². The first-order chi connectivity index (χ1) is 13.9. The van der Waals surface area contributed by atoms with Crippen molar-refractivity contribution >= 4 is 23.5 Å². The first-order valence-corrected chi connectivity index (χ1v) is 9.28. The highest BCUT2D eigenvalue weighted by Crippen LogP contribution is 2.36. The zero-order valence-corrected chi connectivity index (χ0v) is 16.2. The van der Waals surface area contributed by atoms with Crippen LogP contribution in [-0.4, -0.2) is 42.5 Å². The zero-order chi connectivity index (χ0) is 20.6. The van der Waals surface area contributed by atoms with Crippen LogP contribution in [0.2, 0.25) is 0 Å². The lowest BCUT2D eigenvalue weighted by molar-refractivity contribution is -0.133. The summed E-state index contributed by atoms with van der Waals surface area (Å²) in [5.74, 6) is 0.163. The number of urea groups is 1. The molecule has 1 atom stereocenters. The minimum atomic E-state index is -1.30. The Morgan fingerprint density at radius 1 is 1.14 bits per heavy atom. The Labute approximate surface area is 167 Å². The van der Waals surface area contributed by atoms with Crippen molar-refractivity contribution in [2.75, 3.05) is 25.1 Å². The summed E-state index contributed by atoms with van der Waals surface area (Å²) in [7, 11) is 0. The molecule has 0 aliphatic carbocycles. The number of fused-ring (bicyclic) bond motifs is 1. The van der Waals surface area contributed by atoms with E-state index in [-0.39, 0.29) is 6.54 Å². The van der Waals surface area contributed by atoms with Crippen LogP contribution in [0, 0.1) is 6.92 Å². The third kappa shape index (κ3) is 3.37. The number of hydrogen-bond donors (Lipinski definition) is 2. The van der Waals surface area contributed by atoms with E-state index < -0.39 is 23.4 Å². The molecule has 2 N–H and O–H groups in total. The maximum absolute atomic E-state index is 13.1. The molecule has 29 heavy (non-hydrogen) atoms. The van der Waals surface area contributed by atoms with Crippen LogP contribution in [0.4, 0.5) is 10.5 Å². The Hall–Kier alpha value is -3.55. The van der Waals surface area contributed by atoms with E-state index in [0.29, 0.717) is 36.0 Å². The lowest BCUT2D eigenvalue weighted by Crippen LogP contribution is -2.42. The molecule has 0 saturated carbocycles. The molecule has 0 bridgehead atoms. The highest BCUT2D eigenvalue weighted by atomic mass is 16.6. The first kappa shape index (κ1) is 18.8. The van der Waals surface area contributed by atoms with Gasteiger partial charge in [-0.3, -0.25) is 14.5 Å².